The lowest BCUT2D eigenvalue weighted by molar-refractivity contribution is 0.0554. The predicted octanol–water partition coefficient (Wildman–Crippen LogP) is 3.15. The summed E-state index contributed by atoms with van der Waals surface area (Å²) >= 11 is 1.35. The number of benzene rings is 1. The number of carbonyl (C=O) groups is 1. The third kappa shape index (κ3) is 3.42. The van der Waals surface area contributed by atoms with Crippen molar-refractivity contribution in [1.82, 2.24) is 5.32 Å². The van der Waals surface area contributed by atoms with Gasteiger partial charge in [0.05, 0.1) is 19.9 Å². The molecule has 0 fully saturated rings. The predicted molar refractivity (Wildman–Crippen MR) is 91.3 cm³/mol. The Morgan fingerprint density at radius 2 is 2.20 bits per heavy atom. The lowest BCUT2D eigenvalue weighted by Crippen LogP contribution is -2.41. The average molecular weight is 361 g/mol. The molecule has 3 rings (SSSR count). The Bertz CT molecular complexity index is 812. The number of aliphatic hydroxyl groups is 1. The molecule has 0 bridgehead atoms. The maximum Gasteiger partial charge on any atom is 0.251 e. The van der Waals surface area contributed by atoms with Gasteiger partial charge in [0.25, 0.3) is 5.91 Å². The fourth-order valence-electron chi connectivity index (χ4n) is 2.44. The van der Waals surface area contributed by atoms with E-state index in [0.29, 0.717) is 10.6 Å². The number of rotatable bonds is 6. The molecule has 0 aliphatic carbocycles. The molecule has 0 spiro atoms. The monoisotopic (exact) mass is 361 g/mol. The summed E-state index contributed by atoms with van der Waals surface area (Å²) in [6.07, 6.45) is 1.45. The van der Waals surface area contributed by atoms with Crippen LogP contribution in [0.2, 0.25) is 0 Å². The van der Waals surface area contributed by atoms with Crippen LogP contribution >= 0.6 is 11.3 Å². The molecule has 1 amide bonds. The number of hydrogen-bond donors (Lipinski definition) is 2. The number of halogens is 1. The molecule has 7 heteroatoms. The number of hydrogen-bond acceptors (Lipinski definition) is 5. The maximum atomic E-state index is 13.8. The van der Waals surface area contributed by atoms with Crippen LogP contribution in [0.1, 0.15) is 21.0 Å². The van der Waals surface area contributed by atoms with Crippen molar-refractivity contribution in [2.45, 2.75) is 5.60 Å². The molecular formula is C18H16FNO4S. The minimum Gasteiger partial charge on any atom is -0.494 e. The molecule has 1 unspecified atom stereocenters. The smallest absolute Gasteiger partial charge is 0.251 e. The van der Waals surface area contributed by atoms with E-state index in [1.54, 1.807) is 24.3 Å². The molecule has 0 saturated carbocycles. The second-order valence-corrected chi connectivity index (χ2v) is 6.29. The van der Waals surface area contributed by atoms with Crippen LogP contribution in [-0.2, 0) is 5.60 Å². The van der Waals surface area contributed by atoms with Crippen LogP contribution in [0.15, 0.2) is 58.5 Å². The lowest BCUT2D eigenvalue weighted by atomic mass is 9.98. The Balaban J connectivity index is 1.80. The first-order chi connectivity index (χ1) is 12.0. The van der Waals surface area contributed by atoms with Crippen molar-refractivity contribution in [2.24, 2.45) is 0 Å². The van der Waals surface area contributed by atoms with Crippen molar-refractivity contribution < 1.29 is 23.4 Å². The van der Waals surface area contributed by atoms with E-state index < -0.39 is 17.3 Å². The number of methoxy groups -OCH3 is 1. The fourth-order valence-corrected chi connectivity index (χ4v) is 3.27. The van der Waals surface area contributed by atoms with Crippen LogP contribution < -0.4 is 10.1 Å². The summed E-state index contributed by atoms with van der Waals surface area (Å²) in [6, 6.07) is 10.8. The molecule has 130 valence electrons. The topological polar surface area (TPSA) is 71.7 Å². The molecule has 0 saturated heterocycles. The van der Waals surface area contributed by atoms with Crippen LogP contribution in [0.3, 0.4) is 0 Å². The second-order valence-electron chi connectivity index (χ2n) is 5.35. The highest BCUT2D eigenvalue weighted by Crippen LogP contribution is 2.32. The fraction of sp³-hybridized carbons (Fsp3) is 0.167. The first-order valence-electron chi connectivity index (χ1n) is 7.46. The first kappa shape index (κ1) is 17.2. The summed E-state index contributed by atoms with van der Waals surface area (Å²) in [7, 11) is 1.35. The number of nitrogens with one attached hydrogen (secondary N) is 1. The van der Waals surface area contributed by atoms with E-state index in [1.807, 2.05) is 5.38 Å². The SMILES string of the molecule is COc1ccc(C(=O)NCC(O)(c2ccco2)c2cccs2)cc1F. The standard InChI is InChI=1S/C18H16FNO4S/c1-23-14-7-6-12(10-13(14)19)17(21)20-11-18(22,15-4-2-8-24-15)16-5-3-9-25-16/h2-10,22H,11H2,1H3,(H,20,21). The maximum absolute atomic E-state index is 13.8. The molecule has 5 nitrogen and oxygen atoms in total. The van der Waals surface area contributed by atoms with E-state index in [-0.39, 0.29) is 17.9 Å². The molecule has 0 radical (unpaired) electrons. The molecule has 2 N–H and O–H groups in total. The van der Waals surface area contributed by atoms with Crippen LogP contribution in [0.25, 0.3) is 0 Å². The van der Waals surface area contributed by atoms with Crippen molar-refractivity contribution in [3.8, 4) is 5.75 Å². The van der Waals surface area contributed by atoms with E-state index in [0.717, 1.165) is 6.07 Å². The van der Waals surface area contributed by atoms with Gasteiger partial charge < -0.3 is 19.6 Å². The highest BCUT2D eigenvalue weighted by molar-refractivity contribution is 7.10. The number of carbonyl (C=O) groups excluding carboxylic acids is 1. The Kier molecular flexibility index (Phi) is 4.87. The normalized spacial score (nSPS) is 13.2. The molecule has 2 heterocycles. The molecule has 1 aromatic carbocycles. The minimum absolute atomic E-state index is 0.0576. The van der Waals surface area contributed by atoms with Crippen LogP contribution in [0.4, 0.5) is 4.39 Å². The van der Waals surface area contributed by atoms with Crippen molar-refractivity contribution in [1.29, 1.82) is 0 Å². The quantitative estimate of drug-likeness (QED) is 0.707. The number of thiophene rings is 1. The highest BCUT2D eigenvalue weighted by Gasteiger charge is 2.36. The first-order valence-corrected chi connectivity index (χ1v) is 8.34. The number of furan rings is 1. The number of ether oxygens (including phenoxy) is 1. The lowest BCUT2D eigenvalue weighted by Gasteiger charge is -2.25. The van der Waals surface area contributed by atoms with Crippen LogP contribution in [0.5, 0.6) is 5.75 Å². The third-order valence-corrected chi connectivity index (χ3v) is 4.80. The third-order valence-electron chi connectivity index (χ3n) is 3.78. The van der Waals surface area contributed by atoms with Crippen LogP contribution in [-0.4, -0.2) is 24.7 Å². The zero-order valence-electron chi connectivity index (χ0n) is 13.4. The largest absolute Gasteiger partial charge is 0.494 e. The van der Waals surface area contributed by atoms with Gasteiger partial charge in [0, 0.05) is 10.4 Å². The van der Waals surface area contributed by atoms with Gasteiger partial charge in [-0.05, 0) is 41.8 Å². The van der Waals surface area contributed by atoms with E-state index in [2.05, 4.69) is 5.32 Å². The summed E-state index contributed by atoms with van der Waals surface area (Å²) in [5.74, 6) is -0.767. The zero-order valence-corrected chi connectivity index (χ0v) is 14.2. The highest BCUT2D eigenvalue weighted by atomic mass is 32.1. The molecule has 0 aliphatic heterocycles. The van der Waals surface area contributed by atoms with Crippen molar-refractivity contribution in [3.05, 3.63) is 76.1 Å². The Hall–Kier alpha value is -2.64. The Labute approximate surface area is 147 Å². The van der Waals surface area contributed by atoms with E-state index in [9.17, 15) is 14.3 Å². The molecule has 3 aromatic rings. The zero-order chi connectivity index (χ0) is 17.9. The Morgan fingerprint density at radius 3 is 2.80 bits per heavy atom. The summed E-state index contributed by atoms with van der Waals surface area (Å²) in [5.41, 5.74) is -1.37. The molecular weight excluding hydrogens is 345 g/mol. The molecule has 25 heavy (non-hydrogen) atoms. The van der Waals surface area contributed by atoms with Crippen molar-refractivity contribution in [3.63, 3.8) is 0 Å². The van der Waals surface area contributed by atoms with Gasteiger partial charge in [0.1, 0.15) is 5.76 Å². The number of amides is 1. The minimum atomic E-state index is -1.50. The van der Waals surface area contributed by atoms with Crippen molar-refractivity contribution >= 4 is 17.2 Å². The summed E-state index contributed by atoms with van der Waals surface area (Å²) in [6.45, 7) is -0.118. The van der Waals surface area contributed by atoms with Crippen LogP contribution in [0, 0.1) is 5.82 Å². The summed E-state index contributed by atoms with van der Waals surface area (Å²) in [4.78, 5) is 13.0. The molecule has 0 aliphatic rings. The van der Waals surface area contributed by atoms with Gasteiger partial charge in [-0.25, -0.2) is 4.39 Å². The van der Waals surface area contributed by atoms with Gasteiger partial charge in [-0.1, -0.05) is 6.07 Å². The van der Waals surface area contributed by atoms with Gasteiger partial charge >= 0.3 is 0 Å². The molecule has 1 atom stereocenters. The van der Waals surface area contributed by atoms with E-state index in [1.165, 1.54) is 36.8 Å². The summed E-state index contributed by atoms with van der Waals surface area (Å²) < 4.78 is 23.9. The van der Waals surface area contributed by atoms with Gasteiger partial charge in [-0.3, -0.25) is 4.79 Å². The van der Waals surface area contributed by atoms with Gasteiger partial charge in [-0.15, -0.1) is 11.3 Å². The molecule has 2 aromatic heterocycles. The van der Waals surface area contributed by atoms with Gasteiger partial charge in [0.15, 0.2) is 17.2 Å². The average Bonchev–Trinajstić information content (AvgIpc) is 3.33. The summed E-state index contributed by atoms with van der Waals surface area (Å²) in [5, 5.41) is 15.5. The van der Waals surface area contributed by atoms with E-state index >= 15 is 0 Å². The van der Waals surface area contributed by atoms with Gasteiger partial charge in [-0.2, -0.15) is 0 Å². The Morgan fingerprint density at radius 1 is 1.36 bits per heavy atom. The second kappa shape index (κ2) is 7.08. The van der Waals surface area contributed by atoms with Gasteiger partial charge in [0.2, 0.25) is 0 Å². The van der Waals surface area contributed by atoms with E-state index in [4.69, 9.17) is 9.15 Å². The van der Waals surface area contributed by atoms with Crippen molar-refractivity contribution in [2.75, 3.05) is 13.7 Å².